The maximum atomic E-state index is 11.7. The number of nitrogens with one attached hydrogen (secondary N) is 2. The standard InChI is InChI=1S/C8H12N4OS2/c1-2-6-11-12-8(15-6)10-7(13)5-3-14-4-9-5/h5,9H,2-4H2,1H3,(H,10,12,13). The van der Waals surface area contributed by atoms with E-state index in [0.717, 1.165) is 23.1 Å². The van der Waals surface area contributed by atoms with Crippen LogP contribution in [0, 0.1) is 0 Å². The summed E-state index contributed by atoms with van der Waals surface area (Å²) < 4.78 is 0. The minimum atomic E-state index is -0.0935. The maximum absolute atomic E-state index is 11.7. The highest BCUT2D eigenvalue weighted by molar-refractivity contribution is 7.99. The molecule has 1 aliphatic rings. The lowest BCUT2D eigenvalue weighted by molar-refractivity contribution is -0.117. The van der Waals surface area contributed by atoms with Crippen molar-refractivity contribution in [2.24, 2.45) is 0 Å². The molecule has 1 amide bonds. The lowest BCUT2D eigenvalue weighted by atomic mass is 10.3. The third-order valence-electron chi connectivity index (χ3n) is 2.03. The van der Waals surface area contributed by atoms with Crippen molar-refractivity contribution in [1.29, 1.82) is 0 Å². The van der Waals surface area contributed by atoms with E-state index in [2.05, 4.69) is 20.8 Å². The van der Waals surface area contributed by atoms with Crippen molar-refractivity contribution in [1.82, 2.24) is 15.5 Å². The van der Waals surface area contributed by atoms with Crippen LogP contribution in [0.5, 0.6) is 0 Å². The number of hydrogen-bond donors (Lipinski definition) is 2. The molecule has 1 saturated heterocycles. The number of carbonyl (C=O) groups is 1. The van der Waals surface area contributed by atoms with Gasteiger partial charge < -0.3 is 0 Å². The average molecular weight is 244 g/mol. The molecule has 0 saturated carbocycles. The van der Waals surface area contributed by atoms with Gasteiger partial charge in [0.15, 0.2) is 0 Å². The fourth-order valence-corrected chi connectivity index (χ4v) is 2.83. The molecule has 0 radical (unpaired) electrons. The Hall–Kier alpha value is -0.660. The molecule has 82 valence electrons. The second-order valence-electron chi connectivity index (χ2n) is 3.12. The Morgan fingerprint density at radius 3 is 3.13 bits per heavy atom. The third-order valence-corrected chi connectivity index (χ3v) is 3.96. The summed E-state index contributed by atoms with van der Waals surface area (Å²) in [5.41, 5.74) is 0. The maximum Gasteiger partial charge on any atom is 0.244 e. The van der Waals surface area contributed by atoms with Crippen LogP contribution < -0.4 is 10.6 Å². The van der Waals surface area contributed by atoms with Gasteiger partial charge in [-0.15, -0.1) is 22.0 Å². The number of hydrogen-bond acceptors (Lipinski definition) is 6. The Balaban J connectivity index is 1.92. The van der Waals surface area contributed by atoms with E-state index in [9.17, 15) is 4.79 Å². The Morgan fingerprint density at radius 1 is 1.67 bits per heavy atom. The minimum absolute atomic E-state index is 0.0150. The van der Waals surface area contributed by atoms with E-state index in [4.69, 9.17) is 0 Å². The molecule has 2 rings (SSSR count). The molecular formula is C8H12N4OS2. The Bertz CT molecular complexity index is 348. The lowest BCUT2D eigenvalue weighted by Crippen LogP contribution is -2.37. The van der Waals surface area contributed by atoms with Crippen molar-refractivity contribution in [3.8, 4) is 0 Å². The monoisotopic (exact) mass is 244 g/mol. The molecule has 1 aromatic rings. The summed E-state index contributed by atoms with van der Waals surface area (Å²) in [4.78, 5) is 11.7. The van der Waals surface area contributed by atoms with Gasteiger partial charge in [0.05, 0.1) is 6.04 Å². The first-order valence-electron chi connectivity index (χ1n) is 4.74. The molecule has 1 aliphatic heterocycles. The van der Waals surface area contributed by atoms with Gasteiger partial charge >= 0.3 is 0 Å². The lowest BCUT2D eigenvalue weighted by Gasteiger charge is -2.06. The number of aryl methyl sites for hydroxylation is 1. The topological polar surface area (TPSA) is 66.9 Å². The molecule has 1 unspecified atom stereocenters. The van der Waals surface area contributed by atoms with Gasteiger partial charge in [0.25, 0.3) is 0 Å². The van der Waals surface area contributed by atoms with Gasteiger partial charge in [0.1, 0.15) is 5.01 Å². The van der Waals surface area contributed by atoms with Crippen molar-refractivity contribution in [2.45, 2.75) is 19.4 Å². The van der Waals surface area contributed by atoms with Crippen LogP contribution >= 0.6 is 23.1 Å². The summed E-state index contributed by atoms with van der Waals surface area (Å²) in [6.45, 7) is 2.02. The van der Waals surface area contributed by atoms with E-state index in [1.165, 1.54) is 11.3 Å². The van der Waals surface area contributed by atoms with Gasteiger partial charge in [-0.05, 0) is 6.42 Å². The molecule has 15 heavy (non-hydrogen) atoms. The predicted molar refractivity (Wildman–Crippen MR) is 62.2 cm³/mol. The highest BCUT2D eigenvalue weighted by Gasteiger charge is 2.23. The molecule has 0 aliphatic carbocycles. The van der Waals surface area contributed by atoms with E-state index >= 15 is 0 Å². The van der Waals surface area contributed by atoms with E-state index in [0.29, 0.717) is 5.13 Å². The van der Waals surface area contributed by atoms with E-state index in [1.807, 2.05) is 6.92 Å². The van der Waals surface area contributed by atoms with E-state index < -0.39 is 0 Å². The zero-order valence-electron chi connectivity index (χ0n) is 8.32. The normalized spacial score (nSPS) is 20.5. The zero-order valence-corrected chi connectivity index (χ0v) is 9.95. The van der Waals surface area contributed by atoms with E-state index in [-0.39, 0.29) is 11.9 Å². The SMILES string of the molecule is CCc1nnc(NC(=O)C2CSCN2)s1. The fraction of sp³-hybridized carbons (Fsp3) is 0.625. The third kappa shape index (κ3) is 2.67. The minimum Gasteiger partial charge on any atom is -0.299 e. The Labute approximate surface area is 96.0 Å². The van der Waals surface area contributed by atoms with Crippen LogP contribution in [-0.2, 0) is 11.2 Å². The Kier molecular flexibility index (Phi) is 3.55. The molecule has 5 nitrogen and oxygen atoms in total. The van der Waals surface area contributed by atoms with Crippen LogP contribution in [0.3, 0.4) is 0 Å². The molecule has 2 N–H and O–H groups in total. The first-order chi connectivity index (χ1) is 7.29. The number of nitrogens with zero attached hydrogens (tertiary/aromatic N) is 2. The predicted octanol–water partition coefficient (Wildman–Crippen LogP) is 0.702. The zero-order chi connectivity index (χ0) is 10.7. The molecule has 0 spiro atoms. The number of anilines is 1. The number of aromatic nitrogens is 2. The molecule has 1 fully saturated rings. The van der Waals surface area contributed by atoms with E-state index in [1.54, 1.807) is 11.8 Å². The summed E-state index contributed by atoms with van der Waals surface area (Å²) >= 11 is 3.16. The highest BCUT2D eigenvalue weighted by atomic mass is 32.2. The summed E-state index contributed by atoms with van der Waals surface area (Å²) in [5, 5.41) is 15.3. The van der Waals surface area contributed by atoms with Crippen molar-refractivity contribution in [3.63, 3.8) is 0 Å². The second-order valence-corrected chi connectivity index (χ2v) is 5.21. The average Bonchev–Trinajstić information content (AvgIpc) is 2.87. The molecule has 1 aromatic heterocycles. The number of carbonyl (C=O) groups excluding carboxylic acids is 1. The molecule has 1 atom stereocenters. The molecule has 7 heteroatoms. The van der Waals surface area contributed by atoms with Gasteiger partial charge in [-0.1, -0.05) is 18.3 Å². The van der Waals surface area contributed by atoms with Gasteiger partial charge in [0, 0.05) is 11.6 Å². The van der Waals surface area contributed by atoms with Crippen LogP contribution in [0.2, 0.25) is 0 Å². The summed E-state index contributed by atoms with van der Waals surface area (Å²) in [6.07, 6.45) is 0.852. The van der Waals surface area contributed by atoms with Crippen molar-refractivity contribution < 1.29 is 4.79 Å². The number of thioether (sulfide) groups is 1. The second kappa shape index (κ2) is 4.91. The molecular weight excluding hydrogens is 232 g/mol. The highest BCUT2D eigenvalue weighted by Crippen LogP contribution is 2.17. The number of amides is 1. The number of rotatable bonds is 3. The first kappa shape index (κ1) is 10.8. The van der Waals surface area contributed by atoms with Crippen molar-refractivity contribution in [3.05, 3.63) is 5.01 Å². The van der Waals surface area contributed by atoms with Crippen molar-refractivity contribution >= 4 is 34.1 Å². The fourth-order valence-electron chi connectivity index (χ4n) is 1.20. The van der Waals surface area contributed by atoms with Crippen LogP contribution in [0.25, 0.3) is 0 Å². The van der Waals surface area contributed by atoms with Crippen LogP contribution in [-0.4, -0.2) is 33.8 Å². The summed E-state index contributed by atoms with van der Waals surface area (Å²) in [7, 11) is 0. The van der Waals surface area contributed by atoms with Crippen molar-refractivity contribution in [2.75, 3.05) is 16.9 Å². The first-order valence-corrected chi connectivity index (χ1v) is 6.71. The quantitative estimate of drug-likeness (QED) is 0.819. The van der Waals surface area contributed by atoms with Gasteiger partial charge in [-0.2, -0.15) is 0 Å². The summed E-state index contributed by atoms with van der Waals surface area (Å²) in [5.74, 6) is 1.65. The summed E-state index contributed by atoms with van der Waals surface area (Å²) in [6, 6.07) is -0.0935. The molecule has 2 heterocycles. The van der Waals surface area contributed by atoms with Crippen LogP contribution in [0.15, 0.2) is 0 Å². The van der Waals surface area contributed by atoms with Gasteiger partial charge in [0.2, 0.25) is 11.0 Å². The molecule has 0 aromatic carbocycles. The smallest absolute Gasteiger partial charge is 0.244 e. The Morgan fingerprint density at radius 2 is 2.53 bits per heavy atom. The van der Waals surface area contributed by atoms with Crippen LogP contribution in [0.4, 0.5) is 5.13 Å². The largest absolute Gasteiger partial charge is 0.299 e. The van der Waals surface area contributed by atoms with Crippen LogP contribution in [0.1, 0.15) is 11.9 Å². The molecule has 0 bridgehead atoms. The van der Waals surface area contributed by atoms with Gasteiger partial charge in [-0.3, -0.25) is 15.4 Å². The van der Waals surface area contributed by atoms with Gasteiger partial charge in [-0.25, -0.2) is 0 Å².